The molecule has 0 saturated carbocycles. The molecule has 0 atom stereocenters. The second-order valence-corrected chi connectivity index (χ2v) is 7.03. The van der Waals surface area contributed by atoms with Gasteiger partial charge in [-0.15, -0.1) is 0 Å². The Bertz CT molecular complexity index is 824. The van der Waals surface area contributed by atoms with Crippen molar-refractivity contribution in [3.63, 3.8) is 0 Å². The van der Waals surface area contributed by atoms with Gasteiger partial charge < -0.3 is 10.6 Å². The molecule has 2 rings (SSSR count). The molecule has 5 nitrogen and oxygen atoms in total. The molecule has 138 valence electrons. The molecule has 0 aliphatic heterocycles. The van der Waals surface area contributed by atoms with Gasteiger partial charge in [-0.2, -0.15) is 0 Å². The first-order chi connectivity index (χ1) is 12.2. The summed E-state index contributed by atoms with van der Waals surface area (Å²) in [5.74, 6) is -0.424. The maximum absolute atomic E-state index is 12.2. The van der Waals surface area contributed by atoms with Gasteiger partial charge in [0, 0.05) is 11.4 Å². The number of rotatable bonds is 6. The fourth-order valence-electron chi connectivity index (χ4n) is 2.46. The molecule has 0 bridgehead atoms. The first kappa shape index (κ1) is 20.2. The van der Waals surface area contributed by atoms with Crippen LogP contribution in [0.3, 0.4) is 0 Å². The molecule has 0 unspecified atom stereocenters. The average Bonchev–Trinajstić information content (AvgIpc) is 2.53. The van der Waals surface area contributed by atoms with E-state index in [-0.39, 0.29) is 24.9 Å². The average molecular weight is 394 g/mol. The lowest BCUT2D eigenvalue weighted by molar-refractivity contribution is -0.119. The molecule has 0 saturated heterocycles. The van der Waals surface area contributed by atoms with Gasteiger partial charge in [-0.05, 0) is 50.7 Å². The first-order valence-electron chi connectivity index (χ1n) is 8.05. The lowest BCUT2D eigenvalue weighted by atomic mass is 10.1. The summed E-state index contributed by atoms with van der Waals surface area (Å²) in [7, 11) is 1.70. The van der Waals surface area contributed by atoms with E-state index >= 15 is 0 Å². The number of aryl methyl sites for hydroxylation is 2. The third-order valence-electron chi connectivity index (χ3n) is 3.69. The van der Waals surface area contributed by atoms with Gasteiger partial charge >= 0.3 is 0 Å². The molecule has 0 radical (unpaired) electrons. The van der Waals surface area contributed by atoms with Gasteiger partial charge in [0.2, 0.25) is 11.8 Å². The Morgan fingerprint density at radius 2 is 1.58 bits per heavy atom. The Labute approximate surface area is 163 Å². The van der Waals surface area contributed by atoms with E-state index in [0.717, 1.165) is 16.8 Å². The SMILES string of the molecule is Cc1ccc(NC(=O)CN(C)CC(=O)Nc2ccc(Cl)c(Cl)c2)c(C)c1. The molecule has 7 heteroatoms. The lowest BCUT2D eigenvalue weighted by Crippen LogP contribution is -2.36. The van der Waals surface area contributed by atoms with E-state index in [9.17, 15) is 9.59 Å². The number of nitrogens with zero attached hydrogens (tertiary/aromatic N) is 1. The number of anilines is 2. The summed E-state index contributed by atoms with van der Waals surface area (Å²) in [6, 6.07) is 10.7. The van der Waals surface area contributed by atoms with Crippen molar-refractivity contribution in [2.24, 2.45) is 0 Å². The number of halogens is 2. The van der Waals surface area contributed by atoms with E-state index in [0.29, 0.717) is 15.7 Å². The van der Waals surface area contributed by atoms with E-state index in [4.69, 9.17) is 23.2 Å². The van der Waals surface area contributed by atoms with Crippen LogP contribution in [0.2, 0.25) is 10.0 Å². The minimum Gasteiger partial charge on any atom is -0.325 e. The Hall–Kier alpha value is -2.08. The van der Waals surface area contributed by atoms with Gasteiger partial charge in [-0.25, -0.2) is 0 Å². The zero-order valence-corrected chi connectivity index (χ0v) is 16.4. The number of amides is 2. The number of hydrogen-bond acceptors (Lipinski definition) is 3. The van der Waals surface area contributed by atoms with Crippen molar-refractivity contribution in [2.75, 3.05) is 30.8 Å². The third-order valence-corrected chi connectivity index (χ3v) is 4.43. The summed E-state index contributed by atoms with van der Waals surface area (Å²) < 4.78 is 0. The van der Waals surface area contributed by atoms with Crippen molar-refractivity contribution >= 4 is 46.4 Å². The Morgan fingerprint density at radius 1 is 0.923 bits per heavy atom. The molecular formula is C19H21Cl2N3O2. The predicted molar refractivity (Wildman–Crippen MR) is 107 cm³/mol. The van der Waals surface area contributed by atoms with Crippen LogP contribution in [0.5, 0.6) is 0 Å². The summed E-state index contributed by atoms with van der Waals surface area (Å²) in [4.78, 5) is 25.9. The quantitative estimate of drug-likeness (QED) is 0.775. The maximum atomic E-state index is 12.2. The molecule has 2 aromatic carbocycles. The van der Waals surface area contributed by atoms with Crippen LogP contribution in [0.25, 0.3) is 0 Å². The molecule has 2 N–H and O–H groups in total. The fraction of sp³-hybridized carbons (Fsp3) is 0.263. The number of nitrogens with one attached hydrogen (secondary N) is 2. The van der Waals surface area contributed by atoms with E-state index in [1.807, 2.05) is 32.0 Å². The highest BCUT2D eigenvalue weighted by molar-refractivity contribution is 6.42. The van der Waals surface area contributed by atoms with Gasteiger partial charge in [-0.1, -0.05) is 40.9 Å². The molecule has 0 aliphatic carbocycles. The van der Waals surface area contributed by atoms with Crippen molar-refractivity contribution < 1.29 is 9.59 Å². The number of likely N-dealkylation sites (N-methyl/N-ethyl adjacent to an activating group) is 1. The molecule has 0 spiro atoms. The van der Waals surface area contributed by atoms with Crippen molar-refractivity contribution in [1.82, 2.24) is 4.90 Å². The van der Waals surface area contributed by atoms with E-state index in [1.54, 1.807) is 30.1 Å². The van der Waals surface area contributed by atoms with Crippen LogP contribution in [0.1, 0.15) is 11.1 Å². The van der Waals surface area contributed by atoms with Crippen LogP contribution < -0.4 is 10.6 Å². The van der Waals surface area contributed by atoms with Crippen molar-refractivity contribution in [3.05, 3.63) is 57.6 Å². The number of carbonyl (C=O) groups excluding carboxylic acids is 2. The van der Waals surface area contributed by atoms with Gasteiger partial charge in [0.15, 0.2) is 0 Å². The zero-order valence-electron chi connectivity index (χ0n) is 14.9. The van der Waals surface area contributed by atoms with Gasteiger partial charge in [0.05, 0.1) is 23.1 Å². The number of hydrogen-bond donors (Lipinski definition) is 2. The molecule has 0 aliphatic rings. The monoisotopic (exact) mass is 393 g/mol. The minimum absolute atomic E-state index is 0.0700. The smallest absolute Gasteiger partial charge is 0.238 e. The van der Waals surface area contributed by atoms with Crippen LogP contribution >= 0.6 is 23.2 Å². The Balaban J connectivity index is 1.84. The van der Waals surface area contributed by atoms with Gasteiger partial charge in [0.25, 0.3) is 0 Å². The van der Waals surface area contributed by atoms with E-state index < -0.39 is 0 Å². The zero-order chi connectivity index (χ0) is 19.3. The normalized spacial score (nSPS) is 10.7. The summed E-state index contributed by atoms with van der Waals surface area (Å²) in [6.45, 7) is 4.11. The van der Waals surface area contributed by atoms with E-state index in [2.05, 4.69) is 10.6 Å². The second-order valence-electron chi connectivity index (χ2n) is 6.22. The Morgan fingerprint density at radius 3 is 2.19 bits per heavy atom. The molecular weight excluding hydrogens is 373 g/mol. The standard InChI is InChI=1S/C19H21Cl2N3O2/c1-12-4-7-17(13(2)8-12)23-19(26)11-24(3)10-18(25)22-14-5-6-15(20)16(21)9-14/h4-9H,10-11H2,1-3H3,(H,22,25)(H,23,26). The number of benzene rings is 2. The second kappa shape index (κ2) is 9.03. The fourth-order valence-corrected chi connectivity index (χ4v) is 2.76. The van der Waals surface area contributed by atoms with Gasteiger partial charge in [0.1, 0.15) is 0 Å². The topological polar surface area (TPSA) is 61.4 Å². The highest BCUT2D eigenvalue weighted by Crippen LogP contribution is 2.24. The summed E-state index contributed by atoms with van der Waals surface area (Å²) in [6.07, 6.45) is 0. The lowest BCUT2D eigenvalue weighted by Gasteiger charge is -2.17. The molecule has 0 fully saturated rings. The predicted octanol–water partition coefficient (Wildman–Crippen LogP) is 4.12. The van der Waals surface area contributed by atoms with Crippen LogP contribution in [0.4, 0.5) is 11.4 Å². The molecule has 2 amide bonds. The van der Waals surface area contributed by atoms with Gasteiger partial charge in [-0.3, -0.25) is 14.5 Å². The summed E-state index contributed by atoms with van der Waals surface area (Å²) in [5, 5.41) is 6.37. The van der Waals surface area contributed by atoms with Crippen molar-refractivity contribution in [3.8, 4) is 0 Å². The number of carbonyl (C=O) groups is 2. The highest BCUT2D eigenvalue weighted by Gasteiger charge is 2.12. The van der Waals surface area contributed by atoms with Crippen LogP contribution in [0, 0.1) is 13.8 Å². The Kier molecular flexibility index (Phi) is 7.03. The molecule has 2 aromatic rings. The van der Waals surface area contributed by atoms with Crippen molar-refractivity contribution in [2.45, 2.75) is 13.8 Å². The van der Waals surface area contributed by atoms with E-state index in [1.165, 1.54) is 0 Å². The molecule has 0 aromatic heterocycles. The maximum Gasteiger partial charge on any atom is 0.238 e. The highest BCUT2D eigenvalue weighted by atomic mass is 35.5. The largest absolute Gasteiger partial charge is 0.325 e. The first-order valence-corrected chi connectivity index (χ1v) is 8.80. The molecule has 26 heavy (non-hydrogen) atoms. The van der Waals surface area contributed by atoms with Crippen LogP contribution in [-0.4, -0.2) is 36.9 Å². The molecule has 0 heterocycles. The third kappa shape index (κ3) is 6.02. The van der Waals surface area contributed by atoms with Crippen LogP contribution in [0.15, 0.2) is 36.4 Å². The summed E-state index contributed by atoms with van der Waals surface area (Å²) in [5.41, 5.74) is 3.46. The minimum atomic E-state index is -0.245. The summed E-state index contributed by atoms with van der Waals surface area (Å²) >= 11 is 11.8. The van der Waals surface area contributed by atoms with Crippen molar-refractivity contribution in [1.29, 1.82) is 0 Å². The van der Waals surface area contributed by atoms with Crippen LogP contribution in [-0.2, 0) is 9.59 Å².